The Labute approximate surface area is 170 Å². The first-order valence-electron chi connectivity index (χ1n) is 8.71. The molecule has 2 heterocycles. The van der Waals surface area contributed by atoms with Crippen LogP contribution in [0.25, 0.3) is 0 Å². The van der Waals surface area contributed by atoms with Crippen molar-refractivity contribution < 1.29 is 66.8 Å². The molecule has 0 unspecified atom stereocenters. The van der Waals surface area contributed by atoms with Crippen LogP contribution in [0.15, 0.2) is 0 Å². The molecule has 0 spiro atoms. The minimum Gasteiger partial charge on any atom is -0.388 e. The normalized spacial score (nSPS) is 42.7. The fourth-order valence-electron chi connectivity index (χ4n) is 3.01. The third kappa shape index (κ3) is 6.25. The molecule has 2 rings (SSSR count). The minimum absolute atomic E-state index is 0.586. The fourth-order valence-corrected chi connectivity index (χ4v) is 3.32. The van der Waals surface area contributed by atoms with Crippen molar-refractivity contribution in [1.82, 2.24) is 5.32 Å². The topological polar surface area (TPSA) is 242 Å². The summed E-state index contributed by atoms with van der Waals surface area (Å²) in [7, 11) is -4.88. The molecular formula is C14H25NO14S. The molecule has 2 aliphatic heterocycles. The number of aliphatic hydroxyl groups excluding tert-OH is 6. The average molecular weight is 463 g/mol. The number of nitrogens with one attached hydrogen (secondary N) is 1. The zero-order valence-electron chi connectivity index (χ0n) is 15.6. The average Bonchev–Trinajstić information content (AvgIpc) is 2.64. The van der Waals surface area contributed by atoms with Gasteiger partial charge in [0.2, 0.25) is 5.91 Å². The number of hydrogen-bond donors (Lipinski definition) is 8. The molecule has 0 aromatic heterocycles. The van der Waals surface area contributed by atoms with E-state index in [0.29, 0.717) is 0 Å². The van der Waals surface area contributed by atoms with E-state index >= 15 is 0 Å². The van der Waals surface area contributed by atoms with Crippen molar-refractivity contribution in [3.63, 3.8) is 0 Å². The van der Waals surface area contributed by atoms with Gasteiger partial charge in [0.05, 0.1) is 13.2 Å². The highest BCUT2D eigenvalue weighted by Gasteiger charge is 2.48. The Kier molecular flexibility index (Phi) is 8.47. The van der Waals surface area contributed by atoms with Crippen molar-refractivity contribution in [1.29, 1.82) is 0 Å². The highest BCUT2D eigenvalue weighted by atomic mass is 32.3. The lowest BCUT2D eigenvalue weighted by atomic mass is 9.96. The number of rotatable bonds is 7. The molecule has 15 nitrogen and oxygen atoms in total. The van der Waals surface area contributed by atoms with Crippen molar-refractivity contribution in [3.05, 3.63) is 0 Å². The predicted octanol–water partition coefficient (Wildman–Crippen LogP) is -5.43. The van der Waals surface area contributed by atoms with Crippen LogP contribution in [0.1, 0.15) is 6.92 Å². The number of amides is 1. The molecule has 0 bridgehead atoms. The Morgan fingerprint density at radius 1 is 0.900 bits per heavy atom. The molecule has 0 saturated carbocycles. The van der Waals surface area contributed by atoms with Crippen LogP contribution >= 0.6 is 0 Å². The monoisotopic (exact) mass is 463 g/mol. The summed E-state index contributed by atoms with van der Waals surface area (Å²) < 4.78 is 49.9. The molecule has 2 saturated heterocycles. The van der Waals surface area contributed by atoms with E-state index in [1.807, 2.05) is 0 Å². The van der Waals surface area contributed by atoms with Gasteiger partial charge in [-0.25, -0.2) is 4.18 Å². The van der Waals surface area contributed by atoms with Crippen LogP contribution in [0.2, 0.25) is 0 Å². The Morgan fingerprint density at radius 2 is 1.47 bits per heavy atom. The van der Waals surface area contributed by atoms with Crippen molar-refractivity contribution >= 4 is 16.3 Å². The van der Waals surface area contributed by atoms with Gasteiger partial charge in [-0.2, -0.15) is 8.42 Å². The lowest BCUT2D eigenvalue weighted by Crippen LogP contribution is -2.65. The lowest BCUT2D eigenvalue weighted by Gasteiger charge is -2.43. The molecule has 8 N–H and O–H groups in total. The Balaban J connectivity index is 2.10. The van der Waals surface area contributed by atoms with Gasteiger partial charge >= 0.3 is 10.4 Å². The molecule has 0 aromatic rings. The van der Waals surface area contributed by atoms with Gasteiger partial charge < -0.3 is 50.2 Å². The summed E-state index contributed by atoms with van der Waals surface area (Å²) in [6, 6.07) is -1.36. The van der Waals surface area contributed by atoms with E-state index in [1.54, 1.807) is 0 Å². The first-order chi connectivity index (χ1) is 13.8. The maximum atomic E-state index is 11.4. The summed E-state index contributed by atoms with van der Waals surface area (Å²) >= 11 is 0. The second kappa shape index (κ2) is 10.1. The first kappa shape index (κ1) is 25.2. The van der Waals surface area contributed by atoms with Crippen molar-refractivity contribution in [3.8, 4) is 0 Å². The Bertz CT molecular complexity index is 690. The number of carbonyl (C=O) groups excluding carboxylic acids is 1. The quantitative estimate of drug-likeness (QED) is 0.164. The molecule has 30 heavy (non-hydrogen) atoms. The zero-order valence-corrected chi connectivity index (χ0v) is 16.4. The maximum Gasteiger partial charge on any atom is 0.397 e. The molecule has 2 aliphatic rings. The summed E-state index contributed by atoms with van der Waals surface area (Å²) in [5.74, 6) is -0.640. The van der Waals surface area contributed by atoms with E-state index in [-0.39, 0.29) is 0 Å². The molecule has 1 amide bonds. The number of aliphatic hydroxyl groups is 6. The molecule has 2 fully saturated rings. The second-order valence-electron chi connectivity index (χ2n) is 6.83. The SMILES string of the molecule is CC(=O)N[C@H]1[C@H](OC[C@H]2O[C@H](O)[C@H](O)[C@@H](O)[C@H]2O)O[C@H](COS(=O)(=O)O)[C@@H](O)[C@@H]1O. The molecule has 0 aromatic carbocycles. The first-order valence-corrected chi connectivity index (χ1v) is 10.1. The van der Waals surface area contributed by atoms with E-state index in [2.05, 4.69) is 9.50 Å². The molecule has 0 radical (unpaired) electrons. The van der Waals surface area contributed by atoms with Gasteiger partial charge in [-0.3, -0.25) is 9.35 Å². The van der Waals surface area contributed by atoms with Crippen LogP contribution < -0.4 is 5.32 Å². The van der Waals surface area contributed by atoms with E-state index in [1.165, 1.54) is 0 Å². The Morgan fingerprint density at radius 3 is 2.03 bits per heavy atom. The Hall–Kier alpha value is -1.02. The van der Waals surface area contributed by atoms with Crippen LogP contribution in [-0.4, -0.2) is 124 Å². The van der Waals surface area contributed by atoms with Gasteiger partial charge in [0, 0.05) is 6.92 Å². The fraction of sp³-hybridized carbons (Fsp3) is 0.929. The predicted molar refractivity (Wildman–Crippen MR) is 90.6 cm³/mol. The highest BCUT2D eigenvalue weighted by Crippen LogP contribution is 2.25. The summed E-state index contributed by atoms with van der Waals surface area (Å²) in [6.07, 6.45) is -14.9. The smallest absolute Gasteiger partial charge is 0.388 e. The van der Waals surface area contributed by atoms with Gasteiger partial charge in [0.25, 0.3) is 0 Å². The molecule has 176 valence electrons. The summed E-state index contributed by atoms with van der Waals surface area (Å²) in [5.41, 5.74) is 0. The zero-order chi connectivity index (χ0) is 22.8. The largest absolute Gasteiger partial charge is 0.397 e. The standard InChI is InChI=1S/C14H25NO14S/c1-4(16)15-7-10(19)8(17)6(3-27-30(23,24)25)29-14(7)26-2-5-9(18)11(20)12(21)13(22)28-5/h5-14,17-22H,2-3H2,1H3,(H,15,16)(H,23,24,25)/t5-,6-,7-,8-,9+,10-,11+,12-,13+,14-/m1/s1. The molecule has 16 heteroatoms. The third-order valence-electron chi connectivity index (χ3n) is 4.56. The summed E-state index contributed by atoms with van der Waals surface area (Å²) in [6.45, 7) is -0.390. The van der Waals surface area contributed by atoms with E-state index in [9.17, 15) is 43.9 Å². The van der Waals surface area contributed by atoms with Gasteiger partial charge in [-0.15, -0.1) is 0 Å². The van der Waals surface area contributed by atoms with Crippen molar-refractivity contribution in [2.45, 2.75) is 68.3 Å². The van der Waals surface area contributed by atoms with Gasteiger partial charge in [-0.05, 0) is 0 Å². The van der Waals surface area contributed by atoms with Crippen LogP contribution in [0.5, 0.6) is 0 Å². The van der Waals surface area contributed by atoms with Crippen LogP contribution in [0.3, 0.4) is 0 Å². The number of ether oxygens (including phenoxy) is 3. The molecule has 0 aliphatic carbocycles. The van der Waals surface area contributed by atoms with Crippen LogP contribution in [0, 0.1) is 0 Å². The van der Waals surface area contributed by atoms with E-state index < -0.39 is 90.9 Å². The van der Waals surface area contributed by atoms with Gasteiger partial charge in [0.15, 0.2) is 12.6 Å². The summed E-state index contributed by atoms with van der Waals surface area (Å²) in [5, 5.41) is 61.3. The molecule has 10 atom stereocenters. The number of carbonyl (C=O) groups is 1. The van der Waals surface area contributed by atoms with Crippen LogP contribution in [-0.2, 0) is 33.6 Å². The van der Waals surface area contributed by atoms with Crippen LogP contribution in [0.4, 0.5) is 0 Å². The molecular weight excluding hydrogens is 438 g/mol. The van der Waals surface area contributed by atoms with Crippen molar-refractivity contribution in [2.75, 3.05) is 13.2 Å². The second-order valence-corrected chi connectivity index (χ2v) is 7.92. The lowest BCUT2D eigenvalue weighted by molar-refractivity contribution is -0.311. The maximum absolute atomic E-state index is 11.4. The summed E-state index contributed by atoms with van der Waals surface area (Å²) in [4.78, 5) is 11.4. The van der Waals surface area contributed by atoms with E-state index in [4.69, 9.17) is 18.8 Å². The van der Waals surface area contributed by atoms with E-state index in [0.717, 1.165) is 6.92 Å². The third-order valence-corrected chi connectivity index (χ3v) is 5.00. The van der Waals surface area contributed by atoms with Gasteiger partial charge in [-0.1, -0.05) is 0 Å². The minimum atomic E-state index is -4.88. The van der Waals surface area contributed by atoms with Crippen molar-refractivity contribution in [2.24, 2.45) is 0 Å². The highest BCUT2D eigenvalue weighted by molar-refractivity contribution is 7.80. The van der Waals surface area contributed by atoms with Gasteiger partial charge in [0.1, 0.15) is 48.8 Å². The number of hydrogen-bond acceptors (Lipinski definition) is 13.